The van der Waals surface area contributed by atoms with Crippen LogP contribution in [0.4, 0.5) is 8.78 Å². The summed E-state index contributed by atoms with van der Waals surface area (Å²) in [6.45, 7) is 5.49. The van der Waals surface area contributed by atoms with E-state index in [1.54, 1.807) is 6.07 Å². The van der Waals surface area contributed by atoms with Crippen LogP contribution in [0.15, 0.2) is 30.9 Å². The lowest BCUT2D eigenvalue weighted by atomic mass is 9.68. The van der Waals surface area contributed by atoms with Crippen molar-refractivity contribution >= 4 is 0 Å². The van der Waals surface area contributed by atoms with Crippen molar-refractivity contribution in [2.24, 2.45) is 29.6 Å². The number of hydrogen-bond acceptors (Lipinski definition) is 2. The standard InChI is InChI=1S/C28H40F2O2/c1-2-3-4-22-18-31-28(32-19-22)25-14-12-24(13-15-25)23-10-7-20(8-11-23)5-6-21-9-16-26(29)27(30)17-21/h2,9,16-17,20,22-25,28H,1,3-8,10-15,18-19H2/t20-,22-,23-,24-,25-,28-. The first-order valence-corrected chi connectivity index (χ1v) is 12.9. The van der Waals surface area contributed by atoms with E-state index in [0.29, 0.717) is 11.8 Å². The fourth-order valence-electron chi connectivity index (χ4n) is 6.25. The maximum atomic E-state index is 13.4. The lowest BCUT2D eigenvalue weighted by Crippen LogP contribution is -2.39. The van der Waals surface area contributed by atoms with Gasteiger partial charge < -0.3 is 9.47 Å². The Kier molecular flexibility index (Phi) is 8.76. The highest BCUT2D eigenvalue weighted by Gasteiger charge is 2.35. The second-order valence-electron chi connectivity index (χ2n) is 10.5. The summed E-state index contributed by atoms with van der Waals surface area (Å²) in [7, 11) is 0. The minimum atomic E-state index is -0.752. The summed E-state index contributed by atoms with van der Waals surface area (Å²) in [6, 6.07) is 4.34. The van der Waals surface area contributed by atoms with Crippen molar-refractivity contribution in [3.05, 3.63) is 48.1 Å². The third kappa shape index (κ3) is 6.41. The maximum absolute atomic E-state index is 13.4. The molecule has 0 amide bonds. The van der Waals surface area contributed by atoms with Gasteiger partial charge in [0, 0.05) is 11.8 Å². The first-order chi connectivity index (χ1) is 15.6. The van der Waals surface area contributed by atoms with Crippen LogP contribution < -0.4 is 0 Å². The zero-order valence-electron chi connectivity index (χ0n) is 19.5. The van der Waals surface area contributed by atoms with E-state index in [-0.39, 0.29) is 6.29 Å². The lowest BCUT2D eigenvalue weighted by Gasteiger charge is -2.41. The van der Waals surface area contributed by atoms with Crippen LogP contribution in [-0.4, -0.2) is 19.5 Å². The van der Waals surface area contributed by atoms with E-state index in [2.05, 4.69) is 6.58 Å². The first-order valence-electron chi connectivity index (χ1n) is 12.9. The van der Waals surface area contributed by atoms with Crippen LogP contribution in [0.1, 0.15) is 76.2 Å². The van der Waals surface area contributed by atoms with Gasteiger partial charge in [0.15, 0.2) is 17.9 Å². The van der Waals surface area contributed by atoms with Gasteiger partial charge in [0.05, 0.1) is 13.2 Å². The van der Waals surface area contributed by atoms with Crippen LogP contribution in [0.3, 0.4) is 0 Å². The summed E-state index contributed by atoms with van der Waals surface area (Å²) in [5.41, 5.74) is 0.920. The van der Waals surface area contributed by atoms with Crippen molar-refractivity contribution in [2.45, 2.75) is 83.3 Å². The molecule has 0 bridgehead atoms. The molecule has 1 heterocycles. The molecule has 4 heteroatoms. The molecule has 1 aliphatic heterocycles. The van der Waals surface area contributed by atoms with Crippen molar-refractivity contribution < 1.29 is 18.3 Å². The van der Waals surface area contributed by atoms with Gasteiger partial charge in [-0.25, -0.2) is 8.78 Å². The van der Waals surface area contributed by atoms with Crippen LogP contribution in [0.2, 0.25) is 0 Å². The second-order valence-corrected chi connectivity index (χ2v) is 10.5. The summed E-state index contributed by atoms with van der Waals surface area (Å²) in [6.07, 6.45) is 16.5. The van der Waals surface area contributed by atoms with Gasteiger partial charge in [0.2, 0.25) is 0 Å². The molecule has 0 spiro atoms. The monoisotopic (exact) mass is 446 g/mol. The second kappa shape index (κ2) is 11.7. The highest BCUT2D eigenvalue weighted by atomic mass is 19.2. The van der Waals surface area contributed by atoms with Crippen molar-refractivity contribution in [1.82, 2.24) is 0 Å². The van der Waals surface area contributed by atoms with Crippen LogP contribution in [0, 0.1) is 41.2 Å². The number of aryl methyl sites for hydroxylation is 1. The molecule has 4 rings (SSSR count). The molecule has 2 nitrogen and oxygen atoms in total. The van der Waals surface area contributed by atoms with Gasteiger partial charge >= 0.3 is 0 Å². The van der Waals surface area contributed by atoms with Crippen LogP contribution >= 0.6 is 0 Å². The van der Waals surface area contributed by atoms with Gasteiger partial charge in [-0.2, -0.15) is 0 Å². The molecule has 0 aromatic heterocycles. The van der Waals surface area contributed by atoms with E-state index in [1.807, 2.05) is 6.08 Å². The quantitative estimate of drug-likeness (QED) is 0.386. The Hall–Kier alpha value is -1.26. The molecule has 3 fully saturated rings. The van der Waals surface area contributed by atoms with Gasteiger partial charge in [-0.15, -0.1) is 6.58 Å². The molecule has 0 radical (unpaired) electrons. The summed E-state index contributed by atoms with van der Waals surface area (Å²) in [5.74, 6) is 2.08. The van der Waals surface area contributed by atoms with E-state index in [9.17, 15) is 8.78 Å². The fraction of sp³-hybridized carbons (Fsp3) is 0.714. The van der Waals surface area contributed by atoms with E-state index >= 15 is 0 Å². The zero-order chi connectivity index (χ0) is 22.3. The van der Waals surface area contributed by atoms with E-state index in [0.717, 1.165) is 62.2 Å². The number of ether oxygens (including phenoxy) is 2. The molecule has 1 aromatic carbocycles. The molecule has 2 saturated carbocycles. The molecule has 1 saturated heterocycles. The molecule has 0 N–H and O–H groups in total. The van der Waals surface area contributed by atoms with Crippen LogP contribution in [0.25, 0.3) is 0 Å². The lowest BCUT2D eigenvalue weighted by molar-refractivity contribution is -0.230. The Labute approximate surface area is 192 Å². The molecule has 1 aromatic rings. The number of allylic oxidation sites excluding steroid dienone is 1. The first kappa shape index (κ1) is 23.9. The Bertz CT molecular complexity index is 712. The maximum Gasteiger partial charge on any atom is 0.160 e. The SMILES string of the molecule is C=CCC[C@H]1CO[C@H]([C@H]2CC[C@H]([C@H]3CC[C@H](CCc4ccc(F)c(F)c4)CC3)CC2)OC1. The summed E-state index contributed by atoms with van der Waals surface area (Å²) < 4.78 is 38.7. The largest absolute Gasteiger partial charge is 0.352 e. The number of hydrogen-bond donors (Lipinski definition) is 0. The summed E-state index contributed by atoms with van der Waals surface area (Å²) in [5, 5.41) is 0. The Balaban J connectivity index is 1.13. The Morgan fingerprint density at radius 3 is 2.03 bits per heavy atom. The molecule has 0 atom stereocenters. The van der Waals surface area contributed by atoms with Gasteiger partial charge in [0.1, 0.15) is 0 Å². The van der Waals surface area contributed by atoms with E-state index in [4.69, 9.17) is 9.47 Å². The summed E-state index contributed by atoms with van der Waals surface area (Å²) >= 11 is 0. The highest BCUT2D eigenvalue weighted by molar-refractivity contribution is 5.17. The van der Waals surface area contributed by atoms with Crippen molar-refractivity contribution in [3.8, 4) is 0 Å². The third-order valence-electron chi connectivity index (χ3n) is 8.36. The molecule has 2 aliphatic carbocycles. The predicted molar refractivity (Wildman–Crippen MR) is 124 cm³/mol. The van der Waals surface area contributed by atoms with Crippen LogP contribution in [-0.2, 0) is 15.9 Å². The Morgan fingerprint density at radius 2 is 1.41 bits per heavy atom. The molecular formula is C28H40F2O2. The van der Waals surface area contributed by atoms with E-state index < -0.39 is 11.6 Å². The normalized spacial score (nSPS) is 33.7. The van der Waals surface area contributed by atoms with E-state index in [1.165, 1.54) is 63.5 Å². The van der Waals surface area contributed by atoms with Crippen LogP contribution in [0.5, 0.6) is 0 Å². The highest BCUT2D eigenvalue weighted by Crippen LogP contribution is 2.43. The molecular weight excluding hydrogens is 406 g/mol. The van der Waals surface area contributed by atoms with Gasteiger partial charge in [-0.05, 0) is 99.7 Å². The number of rotatable bonds is 8. The Morgan fingerprint density at radius 1 is 0.781 bits per heavy atom. The third-order valence-corrected chi connectivity index (χ3v) is 8.36. The minimum absolute atomic E-state index is 0.0166. The average molecular weight is 447 g/mol. The number of benzene rings is 1. The molecule has 178 valence electrons. The number of halogens is 2. The van der Waals surface area contributed by atoms with Crippen molar-refractivity contribution in [3.63, 3.8) is 0 Å². The van der Waals surface area contributed by atoms with Gasteiger partial charge in [-0.1, -0.05) is 25.0 Å². The average Bonchev–Trinajstić information content (AvgIpc) is 2.84. The van der Waals surface area contributed by atoms with Gasteiger partial charge in [-0.3, -0.25) is 0 Å². The van der Waals surface area contributed by atoms with Gasteiger partial charge in [0.25, 0.3) is 0 Å². The molecule has 32 heavy (non-hydrogen) atoms. The molecule has 3 aliphatic rings. The fourth-order valence-corrected chi connectivity index (χ4v) is 6.25. The smallest absolute Gasteiger partial charge is 0.160 e. The molecule has 0 unspecified atom stereocenters. The van der Waals surface area contributed by atoms with Crippen molar-refractivity contribution in [2.75, 3.05) is 13.2 Å². The summed E-state index contributed by atoms with van der Waals surface area (Å²) in [4.78, 5) is 0. The predicted octanol–water partition coefficient (Wildman–Crippen LogP) is 7.47. The topological polar surface area (TPSA) is 18.5 Å². The zero-order valence-corrected chi connectivity index (χ0v) is 19.5. The van der Waals surface area contributed by atoms with Crippen molar-refractivity contribution in [1.29, 1.82) is 0 Å². The minimum Gasteiger partial charge on any atom is -0.352 e.